The number of nitrogens with two attached hydrogens (primary N) is 1. The smallest absolute Gasteiger partial charge is 0.326 e. The van der Waals surface area contributed by atoms with Crippen LogP contribution in [0.3, 0.4) is 0 Å². The molecule has 1 aromatic carbocycles. The van der Waals surface area contributed by atoms with Crippen molar-refractivity contribution in [2.75, 3.05) is 5.75 Å². The summed E-state index contributed by atoms with van der Waals surface area (Å²) in [5.74, 6) is -2.41. The summed E-state index contributed by atoms with van der Waals surface area (Å²) in [6.45, 7) is 0. The summed E-state index contributed by atoms with van der Waals surface area (Å²) in [5.41, 5.74) is 5.90. The lowest BCUT2D eigenvalue weighted by Crippen LogP contribution is -2.50. The van der Waals surface area contributed by atoms with E-state index in [1.165, 1.54) is 18.2 Å². The molecule has 0 aliphatic rings. The van der Waals surface area contributed by atoms with Crippen LogP contribution >= 0.6 is 12.6 Å². The van der Waals surface area contributed by atoms with Crippen molar-refractivity contribution < 1.29 is 24.9 Å². The number of carboxylic acid groups (broad SMARTS) is 1. The lowest BCUT2D eigenvalue weighted by atomic mass is 10.0. The second kappa shape index (κ2) is 7.01. The van der Waals surface area contributed by atoms with Crippen LogP contribution in [0.1, 0.15) is 5.56 Å². The molecule has 20 heavy (non-hydrogen) atoms. The maximum absolute atomic E-state index is 11.6. The third kappa shape index (κ3) is 4.32. The fourth-order valence-electron chi connectivity index (χ4n) is 1.49. The average Bonchev–Trinajstić information content (AvgIpc) is 2.40. The maximum Gasteiger partial charge on any atom is 0.326 e. The largest absolute Gasteiger partial charge is 0.504 e. The van der Waals surface area contributed by atoms with Crippen molar-refractivity contribution >= 4 is 24.5 Å². The Bertz CT molecular complexity index is 509. The third-order valence-electron chi connectivity index (χ3n) is 2.63. The maximum atomic E-state index is 11.6. The van der Waals surface area contributed by atoms with Gasteiger partial charge in [-0.1, -0.05) is 6.07 Å². The molecule has 0 saturated heterocycles. The van der Waals surface area contributed by atoms with E-state index in [9.17, 15) is 19.8 Å². The van der Waals surface area contributed by atoms with Gasteiger partial charge in [-0.2, -0.15) is 12.6 Å². The van der Waals surface area contributed by atoms with Gasteiger partial charge >= 0.3 is 5.97 Å². The number of nitrogens with one attached hydrogen (secondary N) is 1. The van der Waals surface area contributed by atoms with Crippen molar-refractivity contribution in [2.45, 2.75) is 18.5 Å². The minimum atomic E-state index is -1.22. The van der Waals surface area contributed by atoms with E-state index in [-0.39, 0.29) is 23.7 Å². The highest BCUT2D eigenvalue weighted by Crippen LogP contribution is 2.25. The van der Waals surface area contributed by atoms with E-state index < -0.39 is 24.0 Å². The van der Waals surface area contributed by atoms with Crippen molar-refractivity contribution in [1.82, 2.24) is 5.32 Å². The monoisotopic (exact) mass is 300 g/mol. The summed E-state index contributed by atoms with van der Waals surface area (Å²) in [4.78, 5) is 22.7. The number of aromatic hydroxyl groups is 2. The first-order valence-electron chi connectivity index (χ1n) is 5.75. The Hall–Kier alpha value is -1.93. The highest BCUT2D eigenvalue weighted by Gasteiger charge is 2.23. The van der Waals surface area contributed by atoms with Gasteiger partial charge in [0.2, 0.25) is 5.91 Å². The Labute approximate surface area is 120 Å². The molecule has 1 aromatic rings. The number of aliphatic carboxylic acids is 1. The van der Waals surface area contributed by atoms with E-state index in [1.54, 1.807) is 0 Å². The Balaban J connectivity index is 2.79. The van der Waals surface area contributed by atoms with Crippen molar-refractivity contribution in [3.8, 4) is 11.5 Å². The van der Waals surface area contributed by atoms with Crippen LogP contribution in [0.2, 0.25) is 0 Å². The predicted octanol–water partition coefficient (Wildman–Crippen LogP) is -0.533. The average molecular weight is 300 g/mol. The van der Waals surface area contributed by atoms with Crippen molar-refractivity contribution in [3.63, 3.8) is 0 Å². The van der Waals surface area contributed by atoms with E-state index in [1.807, 2.05) is 0 Å². The third-order valence-corrected chi connectivity index (χ3v) is 3.02. The van der Waals surface area contributed by atoms with Crippen LogP contribution in [0.25, 0.3) is 0 Å². The molecule has 0 radical (unpaired) electrons. The summed E-state index contributed by atoms with van der Waals surface area (Å²) in [6.07, 6.45) is -0.0474. The molecule has 0 heterocycles. The zero-order valence-electron chi connectivity index (χ0n) is 10.5. The van der Waals surface area contributed by atoms with Crippen molar-refractivity contribution in [2.24, 2.45) is 5.73 Å². The Morgan fingerprint density at radius 1 is 1.30 bits per heavy atom. The number of phenols is 2. The summed E-state index contributed by atoms with van der Waals surface area (Å²) in [6, 6.07) is 1.85. The van der Waals surface area contributed by atoms with Crippen LogP contribution in [0.15, 0.2) is 18.2 Å². The zero-order valence-corrected chi connectivity index (χ0v) is 11.4. The molecule has 7 nitrogen and oxygen atoms in total. The quantitative estimate of drug-likeness (QED) is 0.309. The van der Waals surface area contributed by atoms with Gasteiger partial charge in [-0.25, -0.2) is 4.79 Å². The second-order valence-corrected chi connectivity index (χ2v) is 4.58. The van der Waals surface area contributed by atoms with Gasteiger partial charge in [-0.05, 0) is 17.7 Å². The van der Waals surface area contributed by atoms with Gasteiger partial charge in [-0.15, -0.1) is 0 Å². The number of rotatable bonds is 6. The standard InChI is InChI=1S/C12H16N2O5S/c13-7(5-20)11(17)14-8(12(18)19)3-6-1-2-9(15)10(16)4-6/h1-2,4,7-8,15-16,20H,3,5,13H2,(H,14,17)(H,18,19)/t7-,8-/m0/s1. The summed E-state index contributed by atoms with van der Waals surface area (Å²) in [7, 11) is 0. The number of hydrogen-bond acceptors (Lipinski definition) is 6. The molecule has 8 heteroatoms. The summed E-state index contributed by atoms with van der Waals surface area (Å²) in [5, 5.41) is 29.9. The number of amides is 1. The molecule has 0 aromatic heterocycles. The molecule has 0 fully saturated rings. The summed E-state index contributed by atoms with van der Waals surface area (Å²) < 4.78 is 0. The van der Waals surface area contributed by atoms with Gasteiger partial charge in [0.15, 0.2) is 11.5 Å². The molecule has 2 atom stereocenters. The molecular formula is C12H16N2O5S. The number of thiol groups is 1. The van der Waals surface area contributed by atoms with Gasteiger partial charge in [0.05, 0.1) is 6.04 Å². The normalized spacial score (nSPS) is 13.5. The molecule has 0 aliphatic carbocycles. The zero-order chi connectivity index (χ0) is 15.3. The van der Waals surface area contributed by atoms with Gasteiger partial charge in [0.1, 0.15) is 6.04 Å². The van der Waals surface area contributed by atoms with Gasteiger partial charge < -0.3 is 26.4 Å². The first-order valence-corrected chi connectivity index (χ1v) is 6.39. The highest BCUT2D eigenvalue weighted by molar-refractivity contribution is 7.80. The van der Waals surface area contributed by atoms with Crippen LogP contribution in [-0.4, -0.2) is 45.0 Å². The van der Waals surface area contributed by atoms with E-state index >= 15 is 0 Å². The molecule has 0 saturated carbocycles. The fraction of sp³-hybridized carbons (Fsp3) is 0.333. The van der Waals surface area contributed by atoms with E-state index in [0.717, 1.165) is 0 Å². The topological polar surface area (TPSA) is 133 Å². The number of phenolic OH excluding ortho intramolecular Hbond substituents is 2. The van der Waals surface area contributed by atoms with Crippen LogP contribution in [-0.2, 0) is 16.0 Å². The van der Waals surface area contributed by atoms with E-state index in [4.69, 9.17) is 10.8 Å². The molecule has 0 aliphatic heterocycles. The number of benzene rings is 1. The minimum absolute atomic E-state index is 0.0474. The lowest BCUT2D eigenvalue weighted by molar-refractivity contribution is -0.141. The highest BCUT2D eigenvalue weighted by atomic mass is 32.1. The van der Waals surface area contributed by atoms with Crippen LogP contribution < -0.4 is 11.1 Å². The number of carbonyl (C=O) groups is 2. The summed E-state index contributed by atoms with van der Waals surface area (Å²) >= 11 is 3.86. The number of carboxylic acids is 1. The molecule has 110 valence electrons. The Morgan fingerprint density at radius 3 is 2.45 bits per heavy atom. The SMILES string of the molecule is N[C@@H](CS)C(=O)N[C@@H](Cc1ccc(O)c(O)c1)C(=O)O. The van der Waals surface area contributed by atoms with Crippen LogP contribution in [0.4, 0.5) is 0 Å². The van der Waals surface area contributed by atoms with Gasteiger partial charge in [0, 0.05) is 12.2 Å². The van der Waals surface area contributed by atoms with E-state index in [0.29, 0.717) is 5.56 Å². The molecule has 0 spiro atoms. The molecular weight excluding hydrogens is 284 g/mol. The van der Waals surface area contributed by atoms with Crippen LogP contribution in [0, 0.1) is 0 Å². The van der Waals surface area contributed by atoms with E-state index in [2.05, 4.69) is 17.9 Å². The van der Waals surface area contributed by atoms with Gasteiger partial charge in [0.25, 0.3) is 0 Å². The van der Waals surface area contributed by atoms with Crippen molar-refractivity contribution in [1.29, 1.82) is 0 Å². The van der Waals surface area contributed by atoms with Crippen molar-refractivity contribution in [3.05, 3.63) is 23.8 Å². The Kier molecular flexibility index (Phi) is 5.66. The molecule has 6 N–H and O–H groups in total. The Morgan fingerprint density at radius 2 is 1.95 bits per heavy atom. The number of carbonyl (C=O) groups excluding carboxylic acids is 1. The second-order valence-electron chi connectivity index (χ2n) is 4.22. The first-order chi connectivity index (χ1) is 9.35. The molecule has 1 rings (SSSR count). The van der Waals surface area contributed by atoms with Gasteiger partial charge in [-0.3, -0.25) is 4.79 Å². The fourth-order valence-corrected chi connectivity index (χ4v) is 1.66. The molecule has 1 amide bonds. The molecule has 0 unspecified atom stereocenters. The first kappa shape index (κ1) is 16.1. The predicted molar refractivity (Wildman–Crippen MR) is 74.9 cm³/mol. The molecule has 0 bridgehead atoms. The number of hydrogen-bond donors (Lipinski definition) is 6. The van der Waals surface area contributed by atoms with Crippen LogP contribution in [0.5, 0.6) is 11.5 Å². The lowest BCUT2D eigenvalue weighted by Gasteiger charge is -2.17. The minimum Gasteiger partial charge on any atom is -0.504 e.